The van der Waals surface area contributed by atoms with Crippen molar-refractivity contribution in [1.29, 1.82) is 0 Å². The molecule has 126 valence electrons. The summed E-state index contributed by atoms with van der Waals surface area (Å²) in [6, 6.07) is 10.0. The highest BCUT2D eigenvalue weighted by atomic mass is 16.2. The predicted octanol–water partition coefficient (Wildman–Crippen LogP) is 0.0464. The molecule has 1 aliphatic rings. The molecular weight excluding hydrogens is 308 g/mol. The molecule has 1 amide bonds. The zero-order valence-electron chi connectivity index (χ0n) is 13.8. The number of hydrogen-bond donors (Lipinski definition) is 0. The van der Waals surface area contributed by atoms with E-state index in [2.05, 4.69) is 4.90 Å². The van der Waals surface area contributed by atoms with E-state index in [0.717, 1.165) is 10.3 Å². The first-order chi connectivity index (χ1) is 11.5. The molecule has 0 atom stereocenters. The summed E-state index contributed by atoms with van der Waals surface area (Å²) in [5.41, 5.74) is 0.175. The Morgan fingerprint density at radius 3 is 2.21 bits per heavy atom. The summed E-state index contributed by atoms with van der Waals surface area (Å²) in [5.74, 6) is -0.320. The van der Waals surface area contributed by atoms with E-state index in [4.69, 9.17) is 0 Å². The number of carbonyl (C=O) groups is 1. The van der Waals surface area contributed by atoms with Gasteiger partial charge < -0.3 is 14.4 Å². The van der Waals surface area contributed by atoms with Crippen LogP contribution < -0.4 is 16.1 Å². The highest BCUT2D eigenvalue weighted by Gasteiger charge is 2.25. The largest absolute Gasteiger partial charge is 0.368 e. The predicted molar refractivity (Wildman–Crippen MR) is 91.5 cm³/mol. The van der Waals surface area contributed by atoms with Crippen LogP contribution >= 0.6 is 0 Å². The van der Waals surface area contributed by atoms with Crippen molar-refractivity contribution in [3.8, 4) is 0 Å². The van der Waals surface area contributed by atoms with Crippen LogP contribution in [-0.4, -0.2) is 46.1 Å². The van der Waals surface area contributed by atoms with Gasteiger partial charge in [0.2, 0.25) is 0 Å². The standard InChI is InChI=1S/C17H20N4O3/c1-18-12-14(15(22)19(2)17(18)24)16(23)21-10-8-20(9-11-21)13-6-4-3-5-7-13/h3-7,12H,8-11H2,1-2H3. The van der Waals surface area contributed by atoms with E-state index >= 15 is 0 Å². The second-order valence-corrected chi connectivity index (χ2v) is 5.92. The van der Waals surface area contributed by atoms with Crippen molar-refractivity contribution in [1.82, 2.24) is 14.0 Å². The van der Waals surface area contributed by atoms with Crippen molar-refractivity contribution in [2.45, 2.75) is 0 Å². The quantitative estimate of drug-likeness (QED) is 0.781. The van der Waals surface area contributed by atoms with Crippen LogP contribution in [0.4, 0.5) is 5.69 Å². The van der Waals surface area contributed by atoms with Gasteiger partial charge >= 0.3 is 5.69 Å². The number of nitrogens with zero attached hydrogens (tertiary/aromatic N) is 4. The highest BCUT2D eigenvalue weighted by Crippen LogP contribution is 2.16. The van der Waals surface area contributed by atoms with Crippen LogP contribution in [0.15, 0.2) is 46.1 Å². The van der Waals surface area contributed by atoms with Crippen LogP contribution in [0.5, 0.6) is 0 Å². The van der Waals surface area contributed by atoms with Crippen LogP contribution in [0.1, 0.15) is 10.4 Å². The molecule has 24 heavy (non-hydrogen) atoms. The van der Waals surface area contributed by atoms with E-state index in [1.807, 2.05) is 30.3 Å². The lowest BCUT2D eigenvalue weighted by Gasteiger charge is -2.36. The molecule has 0 bridgehead atoms. The lowest BCUT2D eigenvalue weighted by molar-refractivity contribution is 0.0743. The smallest absolute Gasteiger partial charge is 0.330 e. The molecule has 0 aliphatic carbocycles. The second-order valence-electron chi connectivity index (χ2n) is 5.92. The lowest BCUT2D eigenvalue weighted by atomic mass is 10.2. The Balaban J connectivity index is 1.77. The lowest BCUT2D eigenvalue weighted by Crippen LogP contribution is -2.51. The number of amides is 1. The zero-order valence-corrected chi connectivity index (χ0v) is 13.8. The number of aryl methyl sites for hydroxylation is 1. The van der Waals surface area contributed by atoms with Gasteiger partial charge in [0.1, 0.15) is 5.56 Å². The fourth-order valence-corrected chi connectivity index (χ4v) is 2.93. The maximum atomic E-state index is 12.7. The third-order valence-corrected chi connectivity index (χ3v) is 4.37. The monoisotopic (exact) mass is 328 g/mol. The highest BCUT2D eigenvalue weighted by molar-refractivity contribution is 5.93. The van der Waals surface area contributed by atoms with Gasteiger partial charge in [0, 0.05) is 52.2 Å². The van der Waals surface area contributed by atoms with E-state index < -0.39 is 11.2 Å². The first kappa shape index (κ1) is 16.0. The maximum absolute atomic E-state index is 12.7. The molecule has 7 nitrogen and oxygen atoms in total. The van der Waals surface area contributed by atoms with Crippen molar-refractivity contribution in [3.05, 3.63) is 62.9 Å². The van der Waals surface area contributed by atoms with Crippen molar-refractivity contribution in [3.63, 3.8) is 0 Å². The van der Waals surface area contributed by atoms with Crippen molar-refractivity contribution in [2.75, 3.05) is 31.1 Å². The zero-order chi connectivity index (χ0) is 17.3. The van der Waals surface area contributed by atoms with Gasteiger partial charge in [-0.3, -0.25) is 14.2 Å². The molecule has 3 rings (SSSR count). The maximum Gasteiger partial charge on any atom is 0.330 e. The van der Waals surface area contributed by atoms with E-state index in [9.17, 15) is 14.4 Å². The van der Waals surface area contributed by atoms with Gasteiger partial charge in [-0.05, 0) is 12.1 Å². The molecular formula is C17H20N4O3. The van der Waals surface area contributed by atoms with Crippen molar-refractivity contribution >= 4 is 11.6 Å². The third kappa shape index (κ3) is 2.84. The minimum atomic E-state index is -0.548. The molecule has 0 saturated carbocycles. The van der Waals surface area contributed by atoms with Crippen molar-refractivity contribution in [2.24, 2.45) is 14.1 Å². The number of piperazine rings is 1. The molecule has 7 heteroatoms. The van der Waals surface area contributed by atoms with Crippen LogP contribution in [0, 0.1) is 0 Å². The van der Waals surface area contributed by atoms with Crippen LogP contribution in [0.2, 0.25) is 0 Å². The SMILES string of the molecule is Cn1cc(C(=O)N2CCN(c3ccccc3)CC2)c(=O)n(C)c1=O. The van der Waals surface area contributed by atoms with Gasteiger partial charge in [-0.25, -0.2) is 4.79 Å². The molecule has 1 aromatic carbocycles. The molecule has 1 fully saturated rings. The fourth-order valence-electron chi connectivity index (χ4n) is 2.93. The van der Waals surface area contributed by atoms with Crippen LogP contribution in [0.3, 0.4) is 0 Å². The number of rotatable bonds is 2. The van der Waals surface area contributed by atoms with Gasteiger partial charge in [0.15, 0.2) is 0 Å². The summed E-state index contributed by atoms with van der Waals surface area (Å²) in [5, 5.41) is 0. The Kier molecular flexibility index (Phi) is 4.24. The van der Waals surface area contributed by atoms with Crippen LogP contribution in [0.25, 0.3) is 0 Å². The topological polar surface area (TPSA) is 67.6 Å². The molecule has 0 spiro atoms. The number of anilines is 1. The first-order valence-corrected chi connectivity index (χ1v) is 7.85. The summed E-state index contributed by atoms with van der Waals surface area (Å²) in [6.07, 6.45) is 1.33. The van der Waals surface area contributed by atoms with Gasteiger partial charge in [-0.2, -0.15) is 0 Å². The molecule has 0 N–H and O–H groups in total. The van der Waals surface area contributed by atoms with Gasteiger partial charge in [-0.15, -0.1) is 0 Å². The van der Waals surface area contributed by atoms with Crippen molar-refractivity contribution < 1.29 is 4.79 Å². The third-order valence-electron chi connectivity index (χ3n) is 4.37. The van der Waals surface area contributed by atoms with Gasteiger partial charge in [-0.1, -0.05) is 18.2 Å². The number of carbonyl (C=O) groups excluding carboxylic acids is 1. The Morgan fingerprint density at radius 1 is 0.958 bits per heavy atom. The summed E-state index contributed by atoms with van der Waals surface area (Å²) in [6.45, 7) is 2.50. The summed E-state index contributed by atoms with van der Waals surface area (Å²) < 4.78 is 2.22. The van der Waals surface area contributed by atoms with E-state index in [0.29, 0.717) is 26.2 Å². The second kappa shape index (κ2) is 6.35. The van der Waals surface area contributed by atoms with Gasteiger partial charge in [0.05, 0.1) is 0 Å². The number of hydrogen-bond acceptors (Lipinski definition) is 4. The molecule has 2 aromatic rings. The Morgan fingerprint density at radius 2 is 1.58 bits per heavy atom. The van der Waals surface area contributed by atoms with E-state index in [-0.39, 0.29) is 11.5 Å². The van der Waals surface area contributed by atoms with Gasteiger partial charge in [0.25, 0.3) is 11.5 Å². The normalized spacial score (nSPS) is 14.8. The number of aromatic nitrogens is 2. The molecule has 0 unspecified atom stereocenters. The minimum absolute atomic E-state index is 0.0350. The summed E-state index contributed by atoms with van der Waals surface area (Å²) in [7, 11) is 2.92. The van der Waals surface area contributed by atoms with Crippen LogP contribution in [-0.2, 0) is 14.1 Å². The van der Waals surface area contributed by atoms with E-state index in [1.54, 1.807) is 4.90 Å². The fraction of sp³-hybridized carbons (Fsp3) is 0.353. The number of benzene rings is 1. The average molecular weight is 328 g/mol. The van der Waals surface area contributed by atoms with E-state index in [1.165, 1.54) is 24.9 Å². The molecule has 0 radical (unpaired) electrons. The molecule has 1 aliphatic heterocycles. The first-order valence-electron chi connectivity index (χ1n) is 7.85. The Hall–Kier alpha value is -2.83. The summed E-state index contributed by atoms with van der Waals surface area (Å²) in [4.78, 5) is 40.5. The molecule has 2 heterocycles. The minimum Gasteiger partial charge on any atom is -0.368 e. The Bertz CT molecular complexity index is 862. The molecule has 1 aromatic heterocycles. The molecule has 1 saturated heterocycles. The number of para-hydroxylation sites is 1. The summed E-state index contributed by atoms with van der Waals surface area (Å²) >= 11 is 0. The Labute approximate surface area is 139 Å². The average Bonchev–Trinajstić information content (AvgIpc) is 2.63.